The van der Waals surface area contributed by atoms with Crippen molar-refractivity contribution in [2.45, 2.75) is 85.1 Å². The summed E-state index contributed by atoms with van der Waals surface area (Å²) in [6, 6.07) is 0.708. The fourth-order valence-electron chi connectivity index (χ4n) is 3.45. The van der Waals surface area contributed by atoms with Crippen molar-refractivity contribution in [3.05, 3.63) is 0 Å². The minimum absolute atomic E-state index is 0.634. The Morgan fingerprint density at radius 1 is 1.12 bits per heavy atom. The van der Waals surface area contributed by atoms with Gasteiger partial charge in [-0.05, 0) is 43.9 Å². The van der Waals surface area contributed by atoms with E-state index in [4.69, 9.17) is 0 Å². The van der Waals surface area contributed by atoms with Gasteiger partial charge in [0.15, 0.2) is 0 Å². The Morgan fingerprint density at radius 3 is 2.29 bits per heavy atom. The van der Waals surface area contributed by atoms with E-state index in [1.807, 2.05) is 0 Å². The van der Waals surface area contributed by atoms with Gasteiger partial charge in [0.25, 0.3) is 0 Å². The third kappa shape index (κ3) is 5.42. The first-order valence-electron chi connectivity index (χ1n) is 7.81. The Bertz CT molecular complexity index is 192. The molecule has 1 aliphatic carbocycles. The molecule has 0 aliphatic heterocycles. The van der Waals surface area contributed by atoms with E-state index in [1.54, 1.807) is 0 Å². The van der Waals surface area contributed by atoms with E-state index in [1.165, 1.54) is 57.9 Å². The van der Waals surface area contributed by atoms with E-state index in [2.05, 4.69) is 33.0 Å². The van der Waals surface area contributed by atoms with Crippen molar-refractivity contribution in [2.75, 3.05) is 6.54 Å². The average Bonchev–Trinajstić information content (AvgIpc) is 2.71. The van der Waals surface area contributed by atoms with Gasteiger partial charge in [-0.3, -0.25) is 0 Å². The molecule has 0 heterocycles. The minimum atomic E-state index is 0.634. The molecule has 102 valence electrons. The van der Waals surface area contributed by atoms with Gasteiger partial charge in [-0.15, -0.1) is 0 Å². The second-order valence-electron chi connectivity index (χ2n) is 6.73. The maximum Gasteiger partial charge on any atom is 0.00389 e. The van der Waals surface area contributed by atoms with Gasteiger partial charge >= 0.3 is 0 Å². The zero-order valence-corrected chi connectivity index (χ0v) is 12.5. The zero-order chi connectivity index (χ0) is 12.7. The highest BCUT2D eigenvalue weighted by Gasteiger charge is 2.34. The van der Waals surface area contributed by atoms with Crippen LogP contribution in [-0.2, 0) is 0 Å². The molecule has 1 N–H and O–H groups in total. The quantitative estimate of drug-likeness (QED) is 0.644. The van der Waals surface area contributed by atoms with Crippen LogP contribution in [0.4, 0.5) is 0 Å². The highest BCUT2D eigenvalue weighted by atomic mass is 14.9. The first-order valence-corrected chi connectivity index (χ1v) is 7.81. The lowest BCUT2D eigenvalue weighted by molar-refractivity contribution is 0.215. The average molecular weight is 239 g/mol. The van der Waals surface area contributed by atoms with Crippen LogP contribution in [0.25, 0.3) is 0 Å². The summed E-state index contributed by atoms with van der Waals surface area (Å²) in [4.78, 5) is 0. The standard InChI is InChI=1S/C16H33N/c1-5-6-9-15(4)17-13-16(12-14(2)3)10-7-8-11-16/h14-15,17H,5-13H2,1-4H3. The number of rotatable bonds is 8. The molecule has 17 heavy (non-hydrogen) atoms. The first-order chi connectivity index (χ1) is 8.08. The fraction of sp³-hybridized carbons (Fsp3) is 1.00. The SMILES string of the molecule is CCCCC(C)NCC1(CC(C)C)CCCC1. The van der Waals surface area contributed by atoms with E-state index in [9.17, 15) is 0 Å². The number of nitrogens with one attached hydrogen (secondary N) is 1. The largest absolute Gasteiger partial charge is 0.314 e. The Balaban J connectivity index is 2.34. The van der Waals surface area contributed by atoms with E-state index < -0.39 is 0 Å². The van der Waals surface area contributed by atoms with Gasteiger partial charge in [-0.1, -0.05) is 46.5 Å². The molecule has 1 nitrogen and oxygen atoms in total. The zero-order valence-electron chi connectivity index (χ0n) is 12.5. The molecule has 0 amide bonds. The molecule has 0 spiro atoms. The van der Waals surface area contributed by atoms with Crippen LogP contribution in [0.5, 0.6) is 0 Å². The third-order valence-corrected chi connectivity index (χ3v) is 4.32. The summed E-state index contributed by atoms with van der Waals surface area (Å²) >= 11 is 0. The topological polar surface area (TPSA) is 12.0 Å². The van der Waals surface area contributed by atoms with Gasteiger partial charge < -0.3 is 5.32 Å². The lowest BCUT2D eigenvalue weighted by atomic mass is 9.78. The van der Waals surface area contributed by atoms with Crippen LogP contribution in [0.15, 0.2) is 0 Å². The molecule has 1 heteroatoms. The lowest BCUT2D eigenvalue weighted by Crippen LogP contribution is -2.38. The van der Waals surface area contributed by atoms with Gasteiger partial charge in [-0.25, -0.2) is 0 Å². The smallest absolute Gasteiger partial charge is 0.00389 e. The second kappa shape index (κ2) is 7.41. The Morgan fingerprint density at radius 2 is 1.76 bits per heavy atom. The third-order valence-electron chi connectivity index (χ3n) is 4.32. The van der Waals surface area contributed by atoms with Gasteiger partial charge in [0.05, 0.1) is 0 Å². The molecule has 0 bridgehead atoms. The van der Waals surface area contributed by atoms with Crippen molar-refractivity contribution in [2.24, 2.45) is 11.3 Å². The van der Waals surface area contributed by atoms with Crippen LogP contribution in [0.2, 0.25) is 0 Å². The van der Waals surface area contributed by atoms with Crippen molar-refractivity contribution in [1.82, 2.24) is 5.32 Å². The Hall–Kier alpha value is -0.0400. The molecule has 1 unspecified atom stereocenters. The van der Waals surface area contributed by atoms with Gasteiger partial charge in [0, 0.05) is 12.6 Å². The molecule has 1 fully saturated rings. The van der Waals surface area contributed by atoms with Crippen LogP contribution in [0, 0.1) is 11.3 Å². The van der Waals surface area contributed by atoms with E-state index in [0.717, 1.165) is 5.92 Å². The van der Waals surface area contributed by atoms with E-state index in [-0.39, 0.29) is 0 Å². The molecular formula is C16H33N. The van der Waals surface area contributed by atoms with Crippen molar-refractivity contribution >= 4 is 0 Å². The summed E-state index contributed by atoms with van der Waals surface area (Å²) in [5.74, 6) is 0.848. The van der Waals surface area contributed by atoms with Gasteiger partial charge in [-0.2, -0.15) is 0 Å². The molecule has 0 radical (unpaired) electrons. The normalized spacial score (nSPS) is 21.0. The van der Waals surface area contributed by atoms with Crippen LogP contribution in [0.3, 0.4) is 0 Å². The summed E-state index contributed by atoms with van der Waals surface area (Å²) in [6.45, 7) is 10.6. The molecule has 1 saturated carbocycles. The number of hydrogen-bond donors (Lipinski definition) is 1. The fourth-order valence-corrected chi connectivity index (χ4v) is 3.45. The summed E-state index contributed by atoms with van der Waals surface area (Å²) in [5, 5.41) is 3.81. The van der Waals surface area contributed by atoms with Gasteiger partial charge in [0.1, 0.15) is 0 Å². The Kier molecular flexibility index (Phi) is 6.54. The molecule has 0 saturated heterocycles. The summed E-state index contributed by atoms with van der Waals surface area (Å²) in [7, 11) is 0. The Labute approximate surface area is 109 Å². The highest BCUT2D eigenvalue weighted by molar-refractivity contribution is 4.88. The maximum absolute atomic E-state index is 3.81. The predicted octanol–water partition coefficient (Wildman–Crippen LogP) is 4.76. The molecule has 1 aliphatic rings. The minimum Gasteiger partial charge on any atom is -0.314 e. The molecule has 0 aromatic carbocycles. The monoisotopic (exact) mass is 239 g/mol. The van der Waals surface area contributed by atoms with Crippen LogP contribution < -0.4 is 5.32 Å². The summed E-state index contributed by atoms with van der Waals surface area (Å²) < 4.78 is 0. The molecule has 1 rings (SSSR count). The van der Waals surface area contributed by atoms with Crippen LogP contribution in [0.1, 0.15) is 79.1 Å². The summed E-state index contributed by atoms with van der Waals surface area (Å²) in [6.07, 6.45) is 11.3. The number of hydrogen-bond acceptors (Lipinski definition) is 1. The molecular weight excluding hydrogens is 206 g/mol. The first kappa shape index (κ1) is 15.0. The van der Waals surface area contributed by atoms with Crippen molar-refractivity contribution in [3.63, 3.8) is 0 Å². The van der Waals surface area contributed by atoms with Crippen molar-refractivity contribution < 1.29 is 0 Å². The van der Waals surface area contributed by atoms with Gasteiger partial charge in [0.2, 0.25) is 0 Å². The molecule has 0 aromatic heterocycles. The predicted molar refractivity (Wildman–Crippen MR) is 77.3 cm³/mol. The van der Waals surface area contributed by atoms with Crippen molar-refractivity contribution in [1.29, 1.82) is 0 Å². The van der Waals surface area contributed by atoms with Crippen LogP contribution in [-0.4, -0.2) is 12.6 Å². The summed E-state index contributed by atoms with van der Waals surface area (Å²) in [5.41, 5.74) is 0.634. The van der Waals surface area contributed by atoms with Crippen LogP contribution >= 0.6 is 0 Å². The lowest BCUT2D eigenvalue weighted by Gasteiger charge is -2.32. The molecule has 1 atom stereocenters. The van der Waals surface area contributed by atoms with E-state index in [0.29, 0.717) is 11.5 Å². The second-order valence-corrected chi connectivity index (χ2v) is 6.73. The maximum atomic E-state index is 3.81. The number of unbranched alkanes of at least 4 members (excludes halogenated alkanes) is 1. The highest BCUT2D eigenvalue weighted by Crippen LogP contribution is 2.42. The molecule has 0 aromatic rings. The van der Waals surface area contributed by atoms with Crippen molar-refractivity contribution in [3.8, 4) is 0 Å². The van der Waals surface area contributed by atoms with E-state index >= 15 is 0 Å².